The Hall–Kier alpha value is -2.67. The molecule has 1 saturated heterocycles. The summed E-state index contributed by atoms with van der Waals surface area (Å²) in [4.78, 5) is 30.3. The fourth-order valence-electron chi connectivity index (χ4n) is 6.27. The molecule has 5 atom stereocenters. The number of halogens is 2. The Morgan fingerprint density at radius 1 is 0.953 bits per heavy atom. The number of hydrogen-bond acceptors (Lipinski definition) is 4. The van der Waals surface area contributed by atoms with Gasteiger partial charge in [0.05, 0.1) is 17.2 Å². The number of nitrogens with one attached hydrogen (secondary N) is 1. The molecule has 0 aliphatic carbocycles. The lowest BCUT2D eigenvalue weighted by molar-refractivity contribution is -0.157. The largest absolute Gasteiger partial charge is 0.330 e. The highest BCUT2D eigenvalue weighted by Gasteiger charge is 2.53. The molecule has 1 fully saturated rings. The van der Waals surface area contributed by atoms with Crippen molar-refractivity contribution in [2.24, 2.45) is 11.3 Å². The van der Waals surface area contributed by atoms with Crippen LogP contribution in [0.4, 0.5) is 0 Å². The van der Waals surface area contributed by atoms with Crippen LogP contribution in [-0.4, -0.2) is 37.8 Å². The predicted molar refractivity (Wildman–Crippen MR) is 177 cm³/mol. The smallest absolute Gasteiger partial charge is 0.229 e. The van der Waals surface area contributed by atoms with Crippen LogP contribution in [-0.2, 0) is 25.7 Å². The van der Waals surface area contributed by atoms with Gasteiger partial charge in [0, 0.05) is 49.8 Å². The van der Waals surface area contributed by atoms with E-state index in [9.17, 15) is 13.8 Å². The van der Waals surface area contributed by atoms with E-state index in [0.29, 0.717) is 16.5 Å². The number of rotatable bonds is 11. The van der Waals surface area contributed by atoms with Gasteiger partial charge in [0.15, 0.2) is 0 Å². The minimum atomic E-state index is -3.02. The summed E-state index contributed by atoms with van der Waals surface area (Å²) in [6.07, 6.45) is 0.752. The molecule has 0 saturated carbocycles. The highest BCUT2D eigenvalue weighted by Crippen LogP contribution is 2.52. The van der Waals surface area contributed by atoms with Gasteiger partial charge in [-0.2, -0.15) is 0 Å². The summed E-state index contributed by atoms with van der Waals surface area (Å²) in [5, 5.41) is 0.805. The lowest BCUT2D eigenvalue weighted by atomic mass is 9.66. The van der Waals surface area contributed by atoms with Crippen molar-refractivity contribution in [2.75, 3.05) is 5.75 Å². The molecule has 0 radical (unpaired) electrons. The first-order valence-corrected chi connectivity index (χ1v) is 17.4. The van der Waals surface area contributed by atoms with Crippen molar-refractivity contribution in [3.05, 3.63) is 106 Å². The third-order valence-corrected chi connectivity index (χ3v) is 11.6. The second-order valence-electron chi connectivity index (χ2n) is 12.8. The molecule has 3 aromatic rings. The number of Topliss-reactive ketones (excluding diaryl/α,β-unsaturated/α-hetero) is 1. The topological polar surface area (TPSA) is 78.3 Å². The lowest BCUT2D eigenvalue weighted by Crippen LogP contribution is -2.59. The number of amides is 1. The molecule has 1 heterocycles. The SMILES string of the molecule is CC(C)[C@@H](CS(=N)(=O)C(C)C)N1C(=O)[C@@](C)(CC(=O)Cc2ccccc2)C[C@H](c2cccc(Cl)c2)[C@H]1c1ccc(Cl)cc1. The summed E-state index contributed by atoms with van der Waals surface area (Å²) in [6, 6.07) is 23.8. The standard InChI is InChI=1S/C35H42Cl2N2O3S/c1-23(2)32(22-43(38,42)24(3)4)39-33(26-14-16-28(36)17-15-26)31(27-12-9-13-29(37)19-27)21-35(5,34(39)41)20-30(40)18-25-10-7-6-8-11-25/h6-17,19,23-24,31-33,38H,18,20-22H2,1-5H3/t31-,32-,33-,35+,43?/m1/s1. The first kappa shape index (κ1) is 33.2. The summed E-state index contributed by atoms with van der Waals surface area (Å²) < 4.78 is 22.4. The Balaban J connectivity index is 1.89. The number of nitrogens with zero attached hydrogens (tertiary/aromatic N) is 1. The molecule has 8 heteroatoms. The van der Waals surface area contributed by atoms with Crippen LogP contribution >= 0.6 is 23.2 Å². The van der Waals surface area contributed by atoms with Crippen LogP contribution in [0.5, 0.6) is 0 Å². The van der Waals surface area contributed by atoms with Gasteiger partial charge in [-0.05, 0) is 53.3 Å². The zero-order valence-electron chi connectivity index (χ0n) is 25.6. The predicted octanol–water partition coefficient (Wildman–Crippen LogP) is 8.74. The van der Waals surface area contributed by atoms with Crippen molar-refractivity contribution in [1.29, 1.82) is 4.78 Å². The maximum atomic E-state index is 14.9. The minimum Gasteiger partial charge on any atom is -0.330 e. The van der Waals surface area contributed by atoms with Crippen molar-refractivity contribution in [3.63, 3.8) is 0 Å². The number of piperidine rings is 1. The van der Waals surface area contributed by atoms with Crippen molar-refractivity contribution in [2.45, 2.75) is 77.1 Å². The van der Waals surface area contributed by atoms with E-state index in [0.717, 1.165) is 16.7 Å². The Bertz CT molecular complexity index is 1540. The Kier molecular flexibility index (Phi) is 10.5. The Labute approximate surface area is 267 Å². The Morgan fingerprint density at radius 3 is 2.19 bits per heavy atom. The van der Waals surface area contributed by atoms with Crippen molar-refractivity contribution < 1.29 is 13.8 Å². The monoisotopic (exact) mass is 640 g/mol. The fourth-order valence-corrected chi connectivity index (χ4v) is 8.03. The third-order valence-electron chi connectivity index (χ3n) is 8.73. The van der Waals surface area contributed by atoms with Gasteiger partial charge in [0.25, 0.3) is 0 Å². The summed E-state index contributed by atoms with van der Waals surface area (Å²) in [7, 11) is -3.02. The molecular formula is C35H42Cl2N2O3S. The number of ketones is 1. The lowest BCUT2D eigenvalue weighted by Gasteiger charge is -2.53. The van der Waals surface area contributed by atoms with E-state index in [2.05, 4.69) is 0 Å². The summed E-state index contributed by atoms with van der Waals surface area (Å²) >= 11 is 12.8. The Morgan fingerprint density at radius 2 is 1.60 bits per heavy atom. The number of likely N-dealkylation sites (tertiary alicyclic amines) is 1. The zero-order valence-corrected chi connectivity index (χ0v) is 27.9. The highest BCUT2D eigenvalue weighted by molar-refractivity contribution is 7.93. The van der Waals surface area contributed by atoms with Crippen LogP contribution in [0.15, 0.2) is 78.9 Å². The van der Waals surface area contributed by atoms with Crippen LogP contribution in [0.2, 0.25) is 10.0 Å². The number of benzene rings is 3. The summed E-state index contributed by atoms with van der Waals surface area (Å²) in [5.74, 6) is -0.413. The summed E-state index contributed by atoms with van der Waals surface area (Å²) in [6.45, 7) is 9.49. The third kappa shape index (κ3) is 7.71. The van der Waals surface area contributed by atoms with Gasteiger partial charge >= 0.3 is 0 Å². The van der Waals surface area contributed by atoms with Crippen molar-refractivity contribution in [3.8, 4) is 0 Å². The minimum absolute atomic E-state index is 0.00986. The van der Waals surface area contributed by atoms with Gasteiger partial charge < -0.3 is 4.90 Å². The van der Waals surface area contributed by atoms with Crippen molar-refractivity contribution >= 4 is 44.6 Å². The summed E-state index contributed by atoms with van der Waals surface area (Å²) in [5.41, 5.74) is 1.75. The number of hydrogen-bond donors (Lipinski definition) is 1. The molecule has 0 spiro atoms. The maximum Gasteiger partial charge on any atom is 0.229 e. The van der Waals surface area contributed by atoms with Crippen molar-refractivity contribution in [1.82, 2.24) is 4.90 Å². The van der Waals surface area contributed by atoms with Crippen LogP contribution < -0.4 is 0 Å². The molecule has 5 nitrogen and oxygen atoms in total. The molecule has 1 amide bonds. The molecule has 1 aliphatic rings. The number of carbonyl (C=O) groups is 2. The molecule has 4 rings (SSSR count). The van der Waals surface area contributed by atoms with Gasteiger partial charge in [0.2, 0.25) is 5.91 Å². The van der Waals surface area contributed by atoms with Crippen LogP contribution in [0.1, 0.15) is 76.1 Å². The first-order chi connectivity index (χ1) is 20.2. The molecular weight excluding hydrogens is 599 g/mol. The quantitative estimate of drug-likeness (QED) is 0.228. The molecule has 1 unspecified atom stereocenters. The second kappa shape index (κ2) is 13.5. The van der Waals surface area contributed by atoms with Gasteiger partial charge in [-0.15, -0.1) is 0 Å². The highest BCUT2D eigenvalue weighted by atomic mass is 35.5. The second-order valence-corrected chi connectivity index (χ2v) is 16.4. The van der Waals surface area contributed by atoms with E-state index < -0.39 is 27.2 Å². The van der Waals surface area contributed by atoms with Gasteiger partial charge in [0.1, 0.15) is 5.78 Å². The van der Waals surface area contributed by atoms with E-state index in [1.807, 2.05) is 105 Å². The van der Waals surface area contributed by atoms with Gasteiger partial charge in [-0.25, -0.2) is 4.21 Å². The normalized spacial score (nSPS) is 22.9. The molecule has 43 heavy (non-hydrogen) atoms. The van der Waals surface area contributed by atoms with Gasteiger partial charge in [-0.3, -0.25) is 14.4 Å². The molecule has 1 N–H and O–H groups in total. The van der Waals surface area contributed by atoms with Crippen LogP contribution in [0.25, 0.3) is 0 Å². The van der Waals surface area contributed by atoms with E-state index >= 15 is 0 Å². The molecule has 3 aromatic carbocycles. The van der Waals surface area contributed by atoms with E-state index in [-0.39, 0.29) is 47.4 Å². The zero-order chi connectivity index (χ0) is 31.5. The van der Waals surface area contributed by atoms with E-state index in [1.54, 1.807) is 13.8 Å². The van der Waals surface area contributed by atoms with E-state index in [1.165, 1.54) is 0 Å². The first-order valence-electron chi connectivity index (χ1n) is 14.9. The van der Waals surface area contributed by atoms with E-state index in [4.69, 9.17) is 28.0 Å². The fraction of sp³-hybridized carbons (Fsp3) is 0.429. The molecule has 230 valence electrons. The maximum absolute atomic E-state index is 14.9. The average Bonchev–Trinajstić information content (AvgIpc) is 2.94. The van der Waals surface area contributed by atoms with Crippen LogP contribution in [0.3, 0.4) is 0 Å². The molecule has 1 aliphatic heterocycles. The number of carbonyl (C=O) groups excluding carboxylic acids is 2. The van der Waals surface area contributed by atoms with Crippen LogP contribution in [0, 0.1) is 16.1 Å². The average molecular weight is 642 g/mol. The molecule has 0 aromatic heterocycles. The van der Waals surface area contributed by atoms with Gasteiger partial charge in [-0.1, -0.05) is 112 Å². The molecule has 0 bridgehead atoms.